The minimum Gasteiger partial charge on any atom is -0.394 e. The van der Waals surface area contributed by atoms with E-state index in [1.807, 2.05) is 6.92 Å². The zero-order chi connectivity index (χ0) is 16.4. The standard InChI is InChI=1S/C14H19N3O4S/c1-4-5-16-11(19)10-8(2)7-22-12(10)17(14(16)21)13(20)15-9(3)6-18/h7,9,18H,4-6H2,1-3H3,(H,15,20)/t9-/m0/s1. The highest BCUT2D eigenvalue weighted by Crippen LogP contribution is 2.20. The molecule has 0 aromatic carbocycles. The zero-order valence-corrected chi connectivity index (χ0v) is 13.6. The van der Waals surface area contributed by atoms with E-state index in [0.29, 0.717) is 16.6 Å². The van der Waals surface area contributed by atoms with E-state index in [0.717, 1.165) is 14.7 Å². The third kappa shape index (κ3) is 2.71. The van der Waals surface area contributed by atoms with Gasteiger partial charge in [0, 0.05) is 6.54 Å². The maximum absolute atomic E-state index is 12.5. The summed E-state index contributed by atoms with van der Waals surface area (Å²) in [5.41, 5.74) is -0.268. The van der Waals surface area contributed by atoms with Crippen LogP contribution in [0.1, 0.15) is 25.8 Å². The van der Waals surface area contributed by atoms with Crippen molar-refractivity contribution >= 4 is 27.6 Å². The predicted molar refractivity (Wildman–Crippen MR) is 85.9 cm³/mol. The molecule has 0 aliphatic rings. The average Bonchev–Trinajstić information content (AvgIpc) is 2.85. The summed E-state index contributed by atoms with van der Waals surface area (Å²) in [7, 11) is 0. The van der Waals surface area contributed by atoms with E-state index in [4.69, 9.17) is 5.11 Å². The van der Waals surface area contributed by atoms with Crippen molar-refractivity contribution < 1.29 is 9.90 Å². The van der Waals surface area contributed by atoms with Crippen molar-refractivity contribution in [3.63, 3.8) is 0 Å². The lowest BCUT2D eigenvalue weighted by atomic mass is 10.2. The summed E-state index contributed by atoms with van der Waals surface area (Å²) in [6.45, 7) is 5.28. The number of aromatic nitrogens is 2. The normalized spacial score (nSPS) is 12.5. The largest absolute Gasteiger partial charge is 0.394 e. The second-order valence-corrected chi connectivity index (χ2v) is 6.06. The van der Waals surface area contributed by atoms with Crippen LogP contribution in [0, 0.1) is 6.92 Å². The van der Waals surface area contributed by atoms with Crippen molar-refractivity contribution in [1.82, 2.24) is 14.5 Å². The number of carbonyl (C=O) groups is 1. The van der Waals surface area contributed by atoms with Crippen molar-refractivity contribution in [2.45, 2.75) is 39.8 Å². The van der Waals surface area contributed by atoms with Crippen molar-refractivity contribution in [2.24, 2.45) is 0 Å². The topological polar surface area (TPSA) is 93.3 Å². The van der Waals surface area contributed by atoms with Crippen LogP contribution in [-0.4, -0.2) is 32.9 Å². The lowest BCUT2D eigenvalue weighted by Crippen LogP contribution is -2.47. The molecule has 0 aliphatic heterocycles. The molecule has 0 saturated carbocycles. The highest BCUT2D eigenvalue weighted by molar-refractivity contribution is 7.17. The molecule has 22 heavy (non-hydrogen) atoms. The van der Waals surface area contributed by atoms with Gasteiger partial charge in [0.15, 0.2) is 0 Å². The number of carbonyl (C=O) groups excluding carboxylic acids is 1. The monoisotopic (exact) mass is 325 g/mol. The average molecular weight is 325 g/mol. The molecule has 0 spiro atoms. The van der Waals surface area contributed by atoms with Gasteiger partial charge in [-0.1, -0.05) is 6.92 Å². The van der Waals surface area contributed by atoms with Crippen LogP contribution in [0.2, 0.25) is 0 Å². The first-order chi connectivity index (χ1) is 10.4. The Morgan fingerprint density at radius 2 is 2.14 bits per heavy atom. The van der Waals surface area contributed by atoms with Gasteiger partial charge in [0.1, 0.15) is 4.83 Å². The van der Waals surface area contributed by atoms with Crippen LogP contribution in [0.15, 0.2) is 15.0 Å². The van der Waals surface area contributed by atoms with E-state index in [9.17, 15) is 14.4 Å². The van der Waals surface area contributed by atoms with Crippen LogP contribution >= 0.6 is 11.3 Å². The second-order valence-electron chi connectivity index (χ2n) is 5.21. The summed E-state index contributed by atoms with van der Waals surface area (Å²) < 4.78 is 2.07. The Morgan fingerprint density at radius 1 is 1.45 bits per heavy atom. The van der Waals surface area contributed by atoms with Crippen LogP contribution < -0.4 is 16.6 Å². The summed E-state index contributed by atoms with van der Waals surface area (Å²) in [5.74, 6) is 0. The zero-order valence-electron chi connectivity index (χ0n) is 12.8. The van der Waals surface area contributed by atoms with E-state index in [1.165, 1.54) is 11.3 Å². The van der Waals surface area contributed by atoms with Crippen molar-refractivity contribution in [3.8, 4) is 0 Å². The molecule has 2 N–H and O–H groups in total. The molecule has 2 aromatic rings. The smallest absolute Gasteiger partial charge is 0.340 e. The highest BCUT2D eigenvalue weighted by atomic mass is 32.1. The van der Waals surface area contributed by atoms with Gasteiger partial charge in [-0.05, 0) is 31.2 Å². The minimum absolute atomic E-state index is 0.234. The van der Waals surface area contributed by atoms with E-state index >= 15 is 0 Å². The lowest BCUT2D eigenvalue weighted by molar-refractivity contribution is 0.221. The molecule has 0 saturated heterocycles. The van der Waals surface area contributed by atoms with Gasteiger partial charge in [-0.15, -0.1) is 11.3 Å². The number of hydrogen-bond acceptors (Lipinski definition) is 5. The van der Waals surface area contributed by atoms with E-state index in [1.54, 1.807) is 19.2 Å². The number of rotatable bonds is 4. The Bertz CT molecular complexity index is 818. The Balaban J connectivity index is 2.75. The Hall–Kier alpha value is -1.93. The summed E-state index contributed by atoms with van der Waals surface area (Å²) in [4.78, 5) is 37.7. The van der Waals surface area contributed by atoms with Gasteiger partial charge in [-0.2, -0.15) is 0 Å². The molecule has 0 radical (unpaired) electrons. The van der Waals surface area contributed by atoms with Gasteiger partial charge < -0.3 is 10.4 Å². The molecular weight excluding hydrogens is 306 g/mol. The quantitative estimate of drug-likeness (QED) is 0.873. The molecular formula is C14H19N3O4S. The fraction of sp³-hybridized carbons (Fsp3) is 0.500. The van der Waals surface area contributed by atoms with Crippen LogP contribution in [0.3, 0.4) is 0 Å². The molecule has 7 nitrogen and oxygen atoms in total. The van der Waals surface area contributed by atoms with Gasteiger partial charge in [0.25, 0.3) is 5.56 Å². The molecule has 0 aliphatic carbocycles. The number of hydrogen-bond donors (Lipinski definition) is 2. The molecule has 0 unspecified atom stereocenters. The van der Waals surface area contributed by atoms with Crippen molar-refractivity contribution in [2.75, 3.05) is 6.61 Å². The summed E-state index contributed by atoms with van der Waals surface area (Å²) in [6.07, 6.45) is 0.610. The maximum atomic E-state index is 12.5. The first kappa shape index (κ1) is 16.4. The second kappa shape index (κ2) is 6.45. The number of nitrogens with zero attached hydrogens (tertiary/aromatic N) is 2. The first-order valence-electron chi connectivity index (χ1n) is 7.07. The SMILES string of the molecule is CCCn1c(=O)c2c(C)csc2n(C(=O)N[C@@H](C)CO)c1=O. The number of aliphatic hydroxyl groups excluding tert-OH is 1. The number of aryl methyl sites for hydroxylation is 1. The number of nitrogens with one attached hydrogen (secondary N) is 1. The number of thiophene rings is 1. The minimum atomic E-state index is -0.649. The van der Waals surface area contributed by atoms with Gasteiger partial charge in [-0.3, -0.25) is 9.36 Å². The molecule has 2 aromatic heterocycles. The maximum Gasteiger partial charge on any atom is 0.340 e. The molecule has 2 heterocycles. The van der Waals surface area contributed by atoms with Gasteiger partial charge in [0.2, 0.25) is 0 Å². The Morgan fingerprint density at radius 3 is 2.73 bits per heavy atom. The predicted octanol–water partition coefficient (Wildman–Crippen LogP) is 0.882. The third-order valence-corrected chi connectivity index (χ3v) is 4.42. The van der Waals surface area contributed by atoms with Crippen molar-refractivity contribution in [1.29, 1.82) is 0 Å². The molecule has 0 bridgehead atoms. The third-order valence-electron chi connectivity index (χ3n) is 3.33. The molecule has 2 rings (SSSR count). The fourth-order valence-electron chi connectivity index (χ4n) is 2.21. The molecule has 0 fully saturated rings. The lowest BCUT2D eigenvalue weighted by Gasteiger charge is -2.14. The molecule has 1 amide bonds. The summed E-state index contributed by atoms with van der Waals surface area (Å²) in [6, 6.07) is -1.12. The van der Waals surface area contributed by atoms with Crippen LogP contribution in [0.4, 0.5) is 4.79 Å². The summed E-state index contributed by atoms with van der Waals surface area (Å²) >= 11 is 1.18. The van der Waals surface area contributed by atoms with Gasteiger partial charge in [-0.25, -0.2) is 14.2 Å². The Kier molecular flexibility index (Phi) is 4.82. The fourth-order valence-corrected chi connectivity index (χ4v) is 3.24. The van der Waals surface area contributed by atoms with Gasteiger partial charge >= 0.3 is 11.7 Å². The van der Waals surface area contributed by atoms with Crippen molar-refractivity contribution in [3.05, 3.63) is 31.8 Å². The number of aliphatic hydroxyl groups is 1. The Labute approximate surface area is 130 Å². The van der Waals surface area contributed by atoms with Crippen LogP contribution in [-0.2, 0) is 6.54 Å². The van der Waals surface area contributed by atoms with E-state index in [-0.39, 0.29) is 18.7 Å². The van der Waals surface area contributed by atoms with Gasteiger partial charge in [0.05, 0.1) is 18.0 Å². The van der Waals surface area contributed by atoms with Crippen LogP contribution in [0.25, 0.3) is 10.2 Å². The van der Waals surface area contributed by atoms with E-state index in [2.05, 4.69) is 5.32 Å². The number of fused-ring (bicyclic) bond motifs is 1. The summed E-state index contributed by atoms with van der Waals surface area (Å²) in [5, 5.41) is 13.7. The molecule has 1 atom stereocenters. The first-order valence-corrected chi connectivity index (χ1v) is 7.95. The van der Waals surface area contributed by atoms with E-state index < -0.39 is 17.8 Å². The molecule has 120 valence electrons. The van der Waals surface area contributed by atoms with Crippen LogP contribution in [0.5, 0.6) is 0 Å². The highest BCUT2D eigenvalue weighted by Gasteiger charge is 2.21. The number of amides is 1. The molecule has 8 heteroatoms.